The molecule has 3 N–H and O–H groups in total. The highest BCUT2D eigenvalue weighted by Gasteiger charge is 2.16. The summed E-state index contributed by atoms with van der Waals surface area (Å²) in [7, 11) is -3.78. The Morgan fingerprint density at radius 2 is 1.69 bits per heavy atom. The van der Waals surface area contributed by atoms with Crippen LogP contribution in [0.3, 0.4) is 0 Å². The highest BCUT2D eigenvalue weighted by atomic mass is 32.2. The third kappa shape index (κ3) is 7.83. The maximum absolute atomic E-state index is 13.0. The maximum atomic E-state index is 13.0. The van der Waals surface area contributed by atoms with E-state index in [2.05, 4.69) is 37.3 Å². The molecule has 0 saturated carbocycles. The Bertz CT molecular complexity index is 1680. The van der Waals surface area contributed by atoms with Crippen molar-refractivity contribution in [1.29, 1.82) is 0 Å². The van der Waals surface area contributed by atoms with Gasteiger partial charge >= 0.3 is 0 Å². The second-order valence-corrected chi connectivity index (χ2v) is 12.2. The van der Waals surface area contributed by atoms with Crippen LogP contribution in [0.2, 0.25) is 0 Å². The Labute approximate surface area is 249 Å². The smallest absolute Gasteiger partial charge is 0.261 e. The number of pyridine rings is 1. The number of benzene rings is 3. The summed E-state index contributed by atoms with van der Waals surface area (Å²) < 4.78 is 34.0. The van der Waals surface area contributed by atoms with Crippen LogP contribution in [0.25, 0.3) is 11.4 Å². The van der Waals surface area contributed by atoms with Gasteiger partial charge in [0.1, 0.15) is 0 Å². The number of rotatable bonds is 13. The molecule has 5 rings (SSSR count). The number of hydrogen-bond acceptors (Lipinski definition) is 9. The van der Waals surface area contributed by atoms with Gasteiger partial charge in [0.2, 0.25) is 11.7 Å². The molecule has 0 spiro atoms. The van der Waals surface area contributed by atoms with Crippen LogP contribution in [0, 0.1) is 0 Å². The highest BCUT2D eigenvalue weighted by molar-refractivity contribution is 7.98. The first-order chi connectivity index (χ1) is 20.4. The molecule has 11 heteroatoms. The van der Waals surface area contributed by atoms with Gasteiger partial charge in [-0.1, -0.05) is 35.5 Å². The zero-order valence-corrected chi connectivity index (χ0v) is 24.6. The van der Waals surface area contributed by atoms with E-state index in [1.807, 2.05) is 36.6 Å². The molecule has 0 amide bonds. The SMILES string of the molecule is CSc1ccc(Cc2nc(-c3ccc(S(=O)(=O)Nc4ccc(CCNCC(O)c5cccnc5)cc4)cc3)no2)cc1. The molecule has 1 unspecified atom stereocenters. The van der Waals surface area contributed by atoms with Gasteiger partial charge < -0.3 is 14.9 Å². The van der Waals surface area contributed by atoms with Gasteiger partial charge in [0, 0.05) is 40.6 Å². The molecule has 0 saturated heterocycles. The van der Waals surface area contributed by atoms with Gasteiger partial charge in [0.15, 0.2) is 0 Å². The van der Waals surface area contributed by atoms with Crippen molar-refractivity contribution in [2.75, 3.05) is 24.1 Å². The molecule has 0 bridgehead atoms. The van der Waals surface area contributed by atoms with E-state index in [-0.39, 0.29) is 4.90 Å². The van der Waals surface area contributed by atoms with Crippen molar-refractivity contribution in [2.24, 2.45) is 0 Å². The lowest BCUT2D eigenvalue weighted by atomic mass is 10.1. The summed E-state index contributed by atoms with van der Waals surface area (Å²) in [6.07, 6.45) is 5.98. The molecular weight excluding hydrogens is 571 g/mol. The molecule has 0 aliphatic heterocycles. The second kappa shape index (κ2) is 13.8. The van der Waals surface area contributed by atoms with Gasteiger partial charge in [-0.15, -0.1) is 11.8 Å². The molecule has 0 aliphatic carbocycles. The van der Waals surface area contributed by atoms with Crippen molar-refractivity contribution < 1.29 is 18.0 Å². The van der Waals surface area contributed by atoms with Crippen molar-refractivity contribution in [3.8, 4) is 11.4 Å². The van der Waals surface area contributed by atoms with E-state index in [9.17, 15) is 13.5 Å². The van der Waals surface area contributed by atoms with Crippen LogP contribution in [0.4, 0.5) is 5.69 Å². The van der Waals surface area contributed by atoms with Crippen molar-refractivity contribution in [1.82, 2.24) is 20.4 Å². The lowest BCUT2D eigenvalue weighted by molar-refractivity contribution is 0.174. The summed E-state index contributed by atoms with van der Waals surface area (Å²) in [5.74, 6) is 0.890. The minimum atomic E-state index is -3.78. The van der Waals surface area contributed by atoms with Crippen LogP contribution in [0.1, 0.15) is 28.7 Å². The molecule has 216 valence electrons. The van der Waals surface area contributed by atoms with Gasteiger partial charge in [0.05, 0.1) is 17.4 Å². The summed E-state index contributed by atoms with van der Waals surface area (Å²) in [5, 5.41) is 17.5. The average Bonchev–Trinajstić information content (AvgIpc) is 3.49. The fourth-order valence-corrected chi connectivity index (χ4v) is 5.73. The number of aliphatic hydroxyl groups excluding tert-OH is 1. The van der Waals surface area contributed by atoms with Crippen molar-refractivity contribution in [3.05, 3.63) is 120 Å². The van der Waals surface area contributed by atoms with E-state index >= 15 is 0 Å². The number of aliphatic hydroxyl groups is 1. The molecule has 2 heterocycles. The van der Waals surface area contributed by atoms with Gasteiger partial charge in [-0.05, 0) is 84.9 Å². The molecule has 0 fully saturated rings. The number of nitrogens with one attached hydrogen (secondary N) is 2. The maximum Gasteiger partial charge on any atom is 0.261 e. The molecule has 1 atom stereocenters. The van der Waals surface area contributed by atoms with Crippen LogP contribution >= 0.6 is 11.8 Å². The Morgan fingerprint density at radius 3 is 2.38 bits per heavy atom. The van der Waals surface area contributed by atoms with Crippen LogP contribution in [-0.2, 0) is 22.9 Å². The first-order valence-corrected chi connectivity index (χ1v) is 16.1. The van der Waals surface area contributed by atoms with Crippen molar-refractivity contribution >= 4 is 27.5 Å². The Balaban J connectivity index is 1.12. The zero-order valence-electron chi connectivity index (χ0n) is 23.0. The molecular formula is C31H31N5O4S2. The van der Waals surface area contributed by atoms with E-state index < -0.39 is 16.1 Å². The fraction of sp³-hybridized carbons (Fsp3) is 0.194. The third-order valence-corrected chi connectivity index (χ3v) is 8.75. The first kappa shape index (κ1) is 29.5. The first-order valence-electron chi connectivity index (χ1n) is 13.4. The van der Waals surface area contributed by atoms with Gasteiger partial charge in [-0.25, -0.2) is 8.42 Å². The lowest BCUT2D eigenvalue weighted by Gasteiger charge is -2.12. The topological polar surface area (TPSA) is 130 Å². The van der Waals surface area contributed by atoms with E-state index in [0.29, 0.717) is 42.5 Å². The average molecular weight is 602 g/mol. The van der Waals surface area contributed by atoms with Crippen LogP contribution < -0.4 is 10.0 Å². The van der Waals surface area contributed by atoms with Gasteiger partial charge in [-0.2, -0.15) is 4.98 Å². The number of aromatic nitrogens is 3. The highest BCUT2D eigenvalue weighted by Crippen LogP contribution is 2.23. The predicted molar refractivity (Wildman–Crippen MR) is 164 cm³/mol. The number of sulfonamides is 1. The van der Waals surface area contributed by atoms with Crippen molar-refractivity contribution in [3.63, 3.8) is 0 Å². The molecule has 3 aromatic carbocycles. The number of hydrogen-bond donors (Lipinski definition) is 3. The predicted octanol–water partition coefficient (Wildman–Crippen LogP) is 5.11. The van der Waals surface area contributed by atoms with Crippen molar-refractivity contribution in [2.45, 2.75) is 28.7 Å². The lowest BCUT2D eigenvalue weighted by Crippen LogP contribution is -2.23. The normalized spacial score (nSPS) is 12.2. The molecule has 0 radical (unpaired) electrons. The fourth-order valence-electron chi connectivity index (χ4n) is 4.26. The van der Waals surface area contributed by atoms with Gasteiger partial charge in [-0.3, -0.25) is 9.71 Å². The molecule has 0 aliphatic rings. The second-order valence-electron chi connectivity index (χ2n) is 9.62. The Hall–Kier alpha value is -4.03. The van der Waals surface area contributed by atoms with Crippen LogP contribution in [-0.4, -0.2) is 48.0 Å². The minimum absolute atomic E-state index is 0.129. The summed E-state index contributed by atoms with van der Waals surface area (Å²) in [6, 6.07) is 25.4. The van der Waals surface area contributed by atoms with Crippen LogP contribution in [0.15, 0.2) is 112 Å². The van der Waals surface area contributed by atoms with E-state index in [1.54, 1.807) is 54.5 Å². The quantitative estimate of drug-likeness (QED) is 0.124. The third-order valence-electron chi connectivity index (χ3n) is 6.61. The van der Waals surface area contributed by atoms with Crippen LogP contribution in [0.5, 0.6) is 0 Å². The summed E-state index contributed by atoms with van der Waals surface area (Å²) in [5.41, 5.74) is 4.01. The minimum Gasteiger partial charge on any atom is -0.387 e. The summed E-state index contributed by atoms with van der Waals surface area (Å²) in [4.78, 5) is 9.80. The largest absolute Gasteiger partial charge is 0.387 e. The van der Waals surface area contributed by atoms with E-state index in [0.717, 1.165) is 23.1 Å². The monoisotopic (exact) mass is 601 g/mol. The number of anilines is 1. The molecule has 5 aromatic rings. The standard InChI is InChI=1S/C31H31N5O4S2/c1-41-27-12-6-23(7-13-27)19-30-34-31(35-40-30)24-8-14-28(15-9-24)42(38,39)36-26-10-4-22(5-11-26)16-18-33-21-29(37)25-3-2-17-32-20-25/h2-15,17,20,29,33,36-37H,16,18-19,21H2,1H3. The van der Waals surface area contributed by atoms with Gasteiger partial charge in [0.25, 0.3) is 10.0 Å². The molecule has 9 nitrogen and oxygen atoms in total. The zero-order chi connectivity index (χ0) is 29.4. The van der Waals surface area contributed by atoms with E-state index in [4.69, 9.17) is 4.52 Å². The number of thioether (sulfide) groups is 1. The summed E-state index contributed by atoms with van der Waals surface area (Å²) in [6.45, 7) is 1.09. The van der Waals surface area contributed by atoms with E-state index in [1.165, 1.54) is 17.0 Å². The Morgan fingerprint density at radius 1 is 0.952 bits per heavy atom. The summed E-state index contributed by atoms with van der Waals surface area (Å²) >= 11 is 1.68. The number of nitrogens with zero attached hydrogens (tertiary/aromatic N) is 3. The molecule has 42 heavy (non-hydrogen) atoms. The Kier molecular flexibility index (Phi) is 9.65. The molecule has 2 aromatic heterocycles.